The quantitative estimate of drug-likeness (QED) is 0.238. The van der Waals surface area contributed by atoms with E-state index in [1.807, 2.05) is 0 Å². The predicted octanol–water partition coefficient (Wildman–Crippen LogP) is 9.07. The van der Waals surface area contributed by atoms with Crippen molar-refractivity contribution in [3.05, 3.63) is 145 Å². The summed E-state index contributed by atoms with van der Waals surface area (Å²) in [5.74, 6) is 0.975. The average Bonchev–Trinajstić information content (AvgIpc) is 3.56. The van der Waals surface area contributed by atoms with Crippen molar-refractivity contribution in [1.82, 2.24) is 9.55 Å². The Morgan fingerprint density at radius 1 is 0.538 bits per heavy atom. The van der Waals surface area contributed by atoms with Crippen molar-refractivity contribution in [2.45, 2.75) is 6.04 Å². The molecule has 0 saturated carbocycles. The van der Waals surface area contributed by atoms with Gasteiger partial charge in [0.1, 0.15) is 5.82 Å². The summed E-state index contributed by atoms with van der Waals surface area (Å²) in [6.07, 6.45) is 0. The zero-order valence-electron chi connectivity index (χ0n) is 21.1. The molecule has 0 fully saturated rings. The molecule has 0 N–H and O–H groups in total. The topological polar surface area (TPSA) is 21.1 Å². The van der Waals surface area contributed by atoms with Gasteiger partial charge in [0, 0.05) is 5.56 Å². The molecule has 6 aromatic carbocycles. The van der Waals surface area contributed by atoms with Crippen LogP contribution in [0.15, 0.2) is 133 Å². The van der Waals surface area contributed by atoms with E-state index in [9.17, 15) is 0 Å². The van der Waals surface area contributed by atoms with E-state index in [2.05, 4.69) is 143 Å². The summed E-state index contributed by atoms with van der Waals surface area (Å²) in [5.41, 5.74) is 12.2. The van der Waals surface area contributed by atoms with Crippen molar-refractivity contribution in [2.75, 3.05) is 4.90 Å². The molecule has 0 spiro atoms. The molecule has 0 radical (unpaired) electrons. The number of rotatable bonds is 2. The summed E-state index contributed by atoms with van der Waals surface area (Å²) in [4.78, 5) is 7.73. The number of benzene rings is 6. The van der Waals surface area contributed by atoms with Gasteiger partial charge < -0.3 is 4.90 Å². The number of para-hydroxylation sites is 3. The second kappa shape index (κ2) is 7.68. The number of anilines is 2. The highest BCUT2D eigenvalue weighted by molar-refractivity contribution is 6.05. The van der Waals surface area contributed by atoms with Gasteiger partial charge in [0.25, 0.3) is 0 Å². The van der Waals surface area contributed by atoms with Gasteiger partial charge in [-0.2, -0.15) is 0 Å². The van der Waals surface area contributed by atoms with Crippen LogP contribution in [0, 0.1) is 0 Å². The van der Waals surface area contributed by atoms with Gasteiger partial charge in [0.05, 0.1) is 34.1 Å². The molecule has 3 heteroatoms. The van der Waals surface area contributed by atoms with Crippen LogP contribution in [0.3, 0.4) is 0 Å². The van der Waals surface area contributed by atoms with Crippen molar-refractivity contribution in [2.24, 2.45) is 0 Å². The molecule has 1 unspecified atom stereocenters. The smallest absolute Gasteiger partial charge is 0.145 e. The van der Waals surface area contributed by atoms with Crippen LogP contribution in [0.5, 0.6) is 0 Å². The zero-order chi connectivity index (χ0) is 25.5. The molecule has 9 rings (SSSR count). The second-order valence-corrected chi connectivity index (χ2v) is 10.4. The first kappa shape index (κ1) is 20.9. The molecule has 0 amide bonds. The first-order valence-corrected chi connectivity index (χ1v) is 13.4. The fourth-order valence-electron chi connectivity index (χ4n) is 6.81. The van der Waals surface area contributed by atoms with E-state index < -0.39 is 0 Å². The fraction of sp³-hybridized carbons (Fsp3) is 0.0278. The normalized spacial score (nSPS) is 14.9. The standard InChI is InChI=1S/C36H23N3/c1-2-12-24(13-3-1)36-37-29-17-10-20-32-35(29)39(36)31-19-9-8-18-30(31)38(32)34-27-16-7-6-15-26(27)33-25-14-5-4-11-23(25)21-22-28(33)34/h1-22,34H. The number of fused-ring (bicyclic) bond motifs is 7. The highest BCUT2D eigenvalue weighted by atomic mass is 15.3. The van der Waals surface area contributed by atoms with Crippen LogP contribution >= 0.6 is 0 Å². The molecule has 3 nitrogen and oxygen atoms in total. The van der Waals surface area contributed by atoms with Crippen LogP contribution < -0.4 is 4.90 Å². The summed E-state index contributed by atoms with van der Waals surface area (Å²) in [7, 11) is 0. The minimum absolute atomic E-state index is 0.0522. The summed E-state index contributed by atoms with van der Waals surface area (Å²) in [6.45, 7) is 0. The Hall–Kier alpha value is -5.15. The van der Waals surface area contributed by atoms with E-state index in [0.29, 0.717) is 0 Å². The second-order valence-electron chi connectivity index (χ2n) is 10.4. The maximum absolute atomic E-state index is 5.18. The molecule has 2 heterocycles. The first-order valence-electron chi connectivity index (χ1n) is 13.4. The van der Waals surface area contributed by atoms with Gasteiger partial charge in [0.2, 0.25) is 0 Å². The molecule has 0 saturated heterocycles. The summed E-state index contributed by atoms with van der Waals surface area (Å²) in [6, 6.07) is 48.2. The minimum Gasteiger partial charge on any atom is -0.326 e. The summed E-state index contributed by atoms with van der Waals surface area (Å²) < 4.78 is 2.36. The van der Waals surface area contributed by atoms with Crippen molar-refractivity contribution in [1.29, 1.82) is 0 Å². The molecule has 182 valence electrons. The average molecular weight is 498 g/mol. The van der Waals surface area contributed by atoms with Gasteiger partial charge in [-0.15, -0.1) is 0 Å². The molecule has 1 aliphatic carbocycles. The molecule has 2 aliphatic rings. The van der Waals surface area contributed by atoms with Crippen molar-refractivity contribution >= 4 is 33.2 Å². The Kier molecular flexibility index (Phi) is 4.11. The predicted molar refractivity (Wildman–Crippen MR) is 160 cm³/mol. The van der Waals surface area contributed by atoms with Crippen LogP contribution in [-0.4, -0.2) is 9.55 Å². The van der Waals surface area contributed by atoms with E-state index >= 15 is 0 Å². The van der Waals surface area contributed by atoms with Gasteiger partial charge in [-0.05, 0) is 57.3 Å². The zero-order valence-corrected chi connectivity index (χ0v) is 21.1. The summed E-state index contributed by atoms with van der Waals surface area (Å²) in [5, 5.41) is 2.59. The molecular weight excluding hydrogens is 474 g/mol. The Morgan fingerprint density at radius 2 is 1.28 bits per heavy atom. The number of aromatic nitrogens is 2. The number of imidazole rings is 1. The van der Waals surface area contributed by atoms with Gasteiger partial charge in [-0.3, -0.25) is 4.57 Å². The maximum Gasteiger partial charge on any atom is 0.145 e. The van der Waals surface area contributed by atoms with Crippen molar-refractivity contribution in [3.63, 3.8) is 0 Å². The highest BCUT2D eigenvalue weighted by Gasteiger charge is 2.39. The first-order chi connectivity index (χ1) is 19.4. The molecule has 1 atom stereocenters. The van der Waals surface area contributed by atoms with Crippen LogP contribution in [0.25, 0.3) is 50.0 Å². The number of nitrogens with zero attached hydrogens (tertiary/aromatic N) is 3. The van der Waals surface area contributed by atoms with Crippen LogP contribution in [0.4, 0.5) is 11.4 Å². The number of hydrogen-bond acceptors (Lipinski definition) is 2. The Balaban J connectivity index is 1.38. The molecule has 0 bridgehead atoms. The minimum atomic E-state index is 0.0522. The van der Waals surface area contributed by atoms with Gasteiger partial charge in [0.15, 0.2) is 0 Å². The third-order valence-corrected chi connectivity index (χ3v) is 8.37. The third kappa shape index (κ3) is 2.74. The van der Waals surface area contributed by atoms with Crippen LogP contribution in [0.1, 0.15) is 17.2 Å². The van der Waals surface area contributed by atoms with E-state index in [-0.39, 0.29) is 6.04 Å². The Bertz CT molecular complexity index is 2090. The number of hydrogen-bond donors (Lipinski definition) is 0. The van der Waals surface area contributed by atoms with E-state index in [0.717, 1.165) is 28.1 Å². The van der Waals surface area contributed by atoms with Gasteiger partial charge in [-0.25, -0.2) is 4.98 Å². The lowest BCUT2D eigenvalue weighted by Gasteiger charge is -2.38. The molecule has 1 aromatic heterocycles. The lowest BCUT2D eigenvalue weighted by atomic mass is 9.96. The SMILES string of the molecule is c1ccc(-c2nc3cccc4c3n2-c2ccccc2N4C2c3ccccc3-c3c2ccc2ccccc32)cc1. The molecule has 39 heavy (non-hydrogen) atoms. The third-order valence-electron chi connectivity index (χ3n) is 8.37. The van der Waals surface area contributed by atoms with E-state index in [1.54, 1.807) is 0 Å². The van der Waals surface area contributed by atoms with Crippen molar-refractivity contribution < 1.29 is 0 Å². The van der Waals surface area contributed by atoms with E-state index in [4.69, 9.17) is 4.98 Å². The van der Waals surface area contributed by atoms with Crippen LogP contribution in [0.2, 0.25) is 0 Å². The Labute approximate surface area is 226 Å². The lowest BCUT2D eigenvalue weighted by molar-refractivity contribution is 0.830. The Morgan fingerprint density at radius 3 is 2.21 bits per heavy atom. The van der Waals surface area contributed by atoms with Crippen LogP contribution in [-0.2, 0) is 0 Å². The van der Waals surface area contributed by atoms with Gasteiger partial charge in [-0.1, -0.05) is 109 Å². The monoisotopic (exact) mass is 497 g/mol. The molecule has 1 aliphatic heterocycles. The fourth-order valence-corrected chi connectivity index (χ4v) is 6.81. The maximum atomic E-state index is 5.18. The lowest BCUT2D eigenvalue weighted by Crippen LogP contribution is -2.27. The van der Waals surface area contributed by atoms with Gasteiger partial charge >= 0.3 is 0 Å². The highest BCUT2D eigenvalue weighted by Crippen LogP contribution is 2.55. The molecule has 7 aromatic rings. The molecular formula is C36H23N3. The largest absolute Gasteiger partial charge is 0.326 e. The van der Waals surface area contributed by atoms with Crippen molar-refractivity contribution in [3.8, 4) is 28.2 Å². The summed E-state index contributed by atoms with van der Waals surface area (Å²) >= 11 is 0. The van der Waals surface area contributed by atoms with E-state index in [1.165, 1.54) is 44.4 Å².